The van der Waals surface area contributed by atoms with E-state index in [0.29, 0.717) is 13.0 Å². The summed E-state index contributed by atoms with van der Waals surface area (Å²) in [6, 6.07) is 7.54. The number of halogens is 3. The molecular weight excluding hydrogens is 289 g/mol. The van der Waals surface area contributed by atoms with E-state index >= 15 is 0 Å². The van der Waals surface area contributed by atoms with Crippen molar-refractivity contribution < 1.29 is 17.9 Å². The Morgan fingerprint density at radius 1 is 1.25 bits per heavy atom. The first kappa shape index (κ1) is 14.6. The van der Waals surface area contributed by atoms with Crippen LogP contribution >= 0.6 is 11.3 Å². The van der Waals surface area contributed by atoms with Gasteiger partial charge in [-0.15, -0.1) is 11.3 Å². The SMILES string of the molecule is COc1ccc(CCNc2nc(C(F)(F)F)cs2)cc1. The molecule has 0 radical (unpaired) electrons. The Hall–Kier alpha value is -1.76. The van der Waals surface area contributed by atoms with E-state index in [2.05, 4.69) is 10.3 Å². The lowest BCUT2D eigenvalue weighted by Gasteiger charge is -2.05. The first-order valence-corrected chi connectivity index (χ1v) is 6.76. The predicted molar refractivity (Wildman–Crippen MR) is 72.3 cm³/mol. The van der Waals surface area contributed by atoms with Gasteiger partial charge in [-0.05, 0) is 24.1 Å². The number of nitrogens with zero attached hydrogens (tertiary/aromatic N) is 1. The highest BCUT2D eigenvalue weighted by Crippen LogP contribution is 2.31. The van der Waals surface area contributed by atoms with Crippen LogP contribution < -0.4 is 10.1 Å². The van der Waals surface area contributed by atoms with Gasteiger partial charge in [0.2, 0.25) is 0 Å². The average molecular weight is 302 g/mol. The van der Waals surface area contributed by atoms with E-state index in [-0.39, 0.29) is 5.13 Å². The molecule has 1 aromatic carbocycles. The largest absolute Gasteiger partial charge is 0.497 e. The third kappa shape index (κ3) is 3.86. The molecule has 0 saturated heterocycles. The molecule has 0 aliphatic rings. The van der Waals surface area contributed by atoms with E-state index in [1.54, 1.807) is 7.11 Å². The van der Waals surface area contributed by atoms with Crippen molar-refractivity contribution in [3.8, 4) is 5.75 Å². The highest BCUT2D eigenvalue weighted by molar-refractivity contribution is 7.13. The van der Waals surface area contributed by atoms with Gasteiger partial charge in [0.25, 0.3) is 0 Å². The standard InChI is InChI=1S/C13H13F3N2OS/c1-19-10-4-2-9(3-5-10)6-7-17-12-18-11(8-20-12)13(14,15)16/h2-5,8H,6-7H2,1H3,(H,17,18). The highest BCUT2D eigenvalue weighted by Gasteiger charge is 2.33. The molecule has 20 heavy (non-hydrogen) atoms. The van der Waals surface area contributed by atoms with E-state index in [1.165, 1.54) is 0 Å². The summed E-state index contributed by atoms with van der Waals surface area (Å²) in [5, 5.41) is 4.18. The minimum atomic E-state index is -4.38. The number of benzene rings is 1. The van der Waals surface area contributed by atoms with Crippen molar-refractivity contribution in [3.63, 3.8) is 0 Å². The molecule has 0 amide bonds. The minimum Gasteiger partial charge on any atom is -0.497 e. The van der Waals surface area contributed by atoms with Gasteiger partial charge in [0, 0.05) is 11.9 Å². The first-order valence-electron chi connectivity index (χ1n) is 5.88. The Labute approximate surface area is 118 Å². The zero-order chi connectivity index (χ0) is 14.6. The number of methoxy groups -OCH3 is 1. The molecule has 1 N–H and O–H groups in total. The molecular formula is C13H13F3N2OS. The Balaban J connectivity index is 1.84. The summed E-state index contributed by atoms with van der Waals surface area (Å²) < 4.78 is 42.1. The second kappa shape index (κ2) is 6.13. The molecule has 2 rings (SSSR count). The third-order valence-electron chi connectivity index (χ3n) is 2.64. The van der Waals surface area contributed by atoms with E-state index in [0.717, 1.165) is 28.0 Å². The van der Waals surface area contributed by atoms with E-state index in [9.17, 15) is 13.2 Å². The lowest BCUT2D eigenvalue weighted by Crippen LogP contribution is -2.07. The molecule has 108 valence electrons. The molecule has 2 aromatic rings. The molecule has 1 aromatic heterocycles. The van der Waals surface area contributed by atoms with Gasteiger partial charge in [-0.3, -0.25) is 0 Å². The maximum absolute atomic E-state index is 12.4. The van der Waals surface area contributed by atoms with Crippen LogP contribution in [0.1, 0.15) is 11.3 Å². The fraction of sp³-hybridized carbons (Fsp3) is 0.308. The summed E-state index contributed by atoms with van der Waals surface area (Å²) in [5.74, 6) is 0.774. The Kier molecular flexibility index (Phi) is 4.49. The van der Waals surface area contributed by atoms with Gasteiger partial charge in [-0.2, -0.15) is 13.2 Å². The van der Waals surface area contributed by atoms with Crippen LogP contribution in [0.25, 0.3) is 0 Å². The lowest BCUT2D eigenvalue weighted by atomic mass is 10.1. The van der Waals surface area contributed by atoms with Gasteiger partial charge in [0.1, 0.15) is 5.75 Å². The maximum Gasteiger partial charge on any atom is 0.434 e. The lowest BCUT2D eigenvalue weighted by molar-refractivity contribution is -0.140. The van der Waals surface area contributed by atoms with Crippen LogP contribution in [0.4, 0.5) is 18.3 Å². The van der Waals surface area contributed by atoms with Crippen molar-refractivity contribution in [1.29, 1.82) is 0 Å². The van der Waals surface area contributed by atoms with E-state index in [1.807, 2.05) is 24.3 Å². The molecule has 0 fully saturated rings. The topological polar surface area (TPSA) is 34.1 Å². The van der Waals surface area contributed by atoms with Crippen LogP contribution in [0.3, 0.4) is 0 Å². The van der Waals surface area contributed by atoms with Crippen molar-refractivity contribution in [1.82, 2.24) is 4.98 Å². The number of rotatable bonds is 5. The number of alkyl halides is 3. The minimum absolute atomic E-state index is 0.283. The maximum atomic E-state index is 12.4. The zero-order valence-electron chi connectivity index (χ0n) is 10.7. The number of thiazole rings is 1. The summed E-state index contributed by atoms with van der Waals surface area (Å²) in [6.45, 7) is 0.525. The molecule has 1 heterocycles. The van der Waals surface area contributed by atoms with Gasteiger partial charge in [0.05, 0.1) is 7.11 Å². The molecule has 0 bridgehead atoms. The van der Waals surface area contributed by atoms with Gasteiger partial charge >= 0.3 is 6.18 Å². The van der Waals surface area contributed by atoms with Crippen molar-refractivity contribution >= 4 is 16.5 Å². The summed E-state index contributed by atoms with van der Waals surface area (Å²) >= 11 is 0.955. The van der Waals surface area contributed by atoms with Crippen LogP contribution in [-0.4, -0.2) is 18.6 Å². The summed E-state index contributed by atoms with van der Waals surface area (Å²) in [6.07, 6.45) is -3.68. The Morgan fingerprint density at radius 3 is 2.50 bits per heavy atom. The van der Waals surface area contributed by atoms with E-state index in [4.69, 9.17) is 4.74 Å². The second-order valence-electron chi connectivity index (χ2n) is 4.06. The normalized spacial score (nSPS) is 11.4. The molecule has 7 heteroatoms. The van der Waals surface area contributed by atoms with Crippen molar-refractivity contribution in [2.24, 2.45) is 0 Å². The van der Waals surface area contributed by atoms with Gasteiger partial charge in [0.15, 0.2) is 10.8 Å². The molecule has 0 atom stereocenters. The average Bonchev–Trinajstić information content (AvgIpc) is 2.88. The van der Waals surface area contributed by atoms with Crippen molar-refractivity contribution in [2.75, 3.05) is 19.0 Å². The third-order valence-corrected chi connectivity index (χ3v) is 3.44. The van der Waals surface area contributed by atoms with Gasteiger partial charge in [-0.25, -0.2) is 4.98 Å². The van der Waals surface area contributed by atoms with Gasteiger partial charge < -0.3 is 10.1 Å². The number of hydrogen-bond acceptors (Lipinski definition) is 4. The summed E-state index contributed by atoms with van der Waals surface area (Å²) in [7, 11) is 1.59. The fourth-order valence-electron chi connectivity index (χ4n) is 1.59. The quantitative estimate of drug-likeness (QED) is 0.911. The summed E-state index contributed by atoms with van der Waals surface area (Å²) in [5.41, 5.74) is 0.223. The van der Waals surface area contributed by atoms with Crippen LogP contribution in [-0.2, 0) is 12.6 Å². The number of anilines is 1. The number of hydrogen-bond donors (Lipinski definition) is 1. The predicted octanol–water partition coefficient (Wildman–Crippen LogP) is 3.83. The van der Waals surface area contributed by atoms with Gasteiger partial charge in [-0.1, -0.05) is 12.1 Å². The number of aromatic nitrogens is 1. The number of nitrogens with one attached hydrogen (secondary N) is 1. The first-order chi connectivity index (χ1) is 9.49. The van der Waals surface area contributed by atoms with Crippen LogP contribution in [0.2, 0.25) is 0 Å². The fourth-order valence-corrected chi connectivity index (χ4v) is 2.34. The molecule has 0 saturated carbocycles. The smallest absolute Gasteiger partial charge is 0.434 e. The molecule has 0 aliphatic carbocycles. The number of ether oxygens (including phenoxy) is 1. The summed E-state index contributed by atoms with van der Waals surface area (Å²) in [4.78, 5) is 3.50. The van der Waals surface area contributed by atoms with E-state index < -0.39 is 11.9 Å². The van der Waals surface area contributed by atoms with Crippen LogP contribution in [0.5, 0.6) is 5.75 Å². The van der Waals surface area contributed by atoms with Crippen molar-refractivity contribution in [3.05, 3.63) is 40.9 Å². The highest BCUT2D eigenvalue weighted by atomic mass is 32.1. The monoisotopic (exact) mass is 302 g/mol. The zero-order valence-corrected chi connectivity index (χ0v) is 11.5. The Bertz CT molecular complexity index is 551. The molecule has 0 unspecified atom stereocenters. The second-order valence-corrected chi connectivity index (χ2v) is 4.92. The van der Waals surface area contributed by atoms with Crippen molar-refractivity contribution in [2.45, 2.75) is 12.6 Å². The molecule has 0 aliphatic heterocycles. The van der Waals surface area contributed by atoms with Crippen LogP contribution in [0.15, 0.2) is 29.6 Å². The molecule has 3 nitrogen and oxygen atoms in total. The van der Waals surface area contributed by atoms with Crippen LogP contribution in [0, 0.1) is 0 Å². The Morgan fingerprint density at radius 2 is 1.95 bits per heavy atom. The molecule has 0 spiro atoms.